The molecule has 2 fully saturated rings. The Morgan fingerprint density at radius 2 is 0.768 bits per heavy atom. The van der Waals surface area contributed by atoms with Gasteiger partial charge >= 0.3 is 0 Å². The van der Waals surface area contributed by atoms with E-state index < -0.39 is 86.8 Å². The number of aliphatic hydroxyl groups is 8. The van der Waals surface area contributed by atoms with Crippen molar-refractivity contribution in [2.45, 2.75) is 383 Å². The number of carbonyl (C=O) groups is 1. The Morgan fingerprint density at radius 1 is 0.427 bits per heavy atom. The molecule has 2 aliphatic heterocycles. The predicted octanol–water partition coefficient (Wildman–Crippen LogP) is 13.6. The summed E-state index contributed by atoms with van der Waals surface area (Å²) in [7, 11) is 0. The van der Waals surface area contributed by atoms with E-state index in [0.717, 1.165) is 51.4 Å². The zero-order valence-electron chi connectivity index (χ0n) is 52.5. The van der Waals surface area contributed by atoms with E-state index in [4.69, 9.17) is 18.9 Å². The van der Waals surface area contributed by atoms with Crippen molar-refractivity contribution in [1.29, 1.82) is 0 Å². The van der Waals surface area contributed by atoms with Crippen LogP contribution in [0.5, 0.6) is 0 Å². The number of hydrogen-bond acceptors (Lipinski definition) is 13. The van der Waals surface area contributed by atoms with Gasteiger partial charge in [0.05, 0.1) is 32.0 Å². The van der Waals surface area contributed by atoms with Gasteiger partial charge in [-0.1, -0.05) is 282 Å². The van der Waals surface area contributed by atoms with Crippen molar-refractivity contribution in [1.82, 2.24) is 5.32 Å². The third-order valence-corrected chi connectivity index (χ3v) is 17.1. The highest BCUT2D eigenvalue weighted by Gasteiger charge is 2.51. The van der Waals surface area contributed by atoms with Crippen LogP contribution in [0, 0.1) is 0 Å². The van der Waals surface area contributed by atoms with E-state index in [1.807, 2.05) is 6.08 Å². The molecule has 2 aliphatic rings. The summed E-state index contributed by atoms with van der Waals surface area (Å²) in [6.07, 6.45) is 50.5. The Hall–Kier alpha value is -1.53. The lowest BCUT2D eigenvalue weighted by Gasteiger charge is -2.46. The van der Waals surface area contributed by atoms with Crippen molar-refractivity contribution < 1.29 is 64.6 Å². The molecular weight excluding hydrogens is 1040 g/mol. The highest BCUT2D eigenvalue weighted by Crippen LogP contribution is 2.30. The number of rotatable bonds is 57. The van der Waals surface area contributed by atoms with E-state index in [-0.39, 0.29) is 18.9 Å². The fraction of sp³-hybridized carbons (Fsp3) is 0.926. The minimum Gasteiger partial charge on any atom is -0.394 e. The molecule has 14 nitrogen and oxygen atoms in total. The number of ether oxygens (including phenoxy) is 4. The molecule has 2 heterocycles. The van der Waals surface area contributed by atoms with Gasteiger partial charge in [-0.05, 0) is 44.9 Å². The van der Waals surface area contributed by atoms with Gasteiger partial charge < -0.3 is 65.1 Å². The Balaban J connectivity index is 1.46. The molecule has 14 heteroatoms. The van der Waals surface area contributed by atoms with Crippen molar-refractivity contribution in [3.05, 3.63) is 24.3 Å². The molecule has 12 unspecified atom stereocenters. The molecular formula is C68H129NO13. The second kappa shape index (κ2) is 53.7. The van der Waals surface area contributed by atoms with Crippen LogP contribution in [0.15, 0.2) is 24.3 Å². The van der Waals surface area contributed by atoms with E-state index in [9.17, 15) is 45.6 Å². The molecule has 0 aromatic heterocycles. The maximum Gasteiger partial charge on any atom is 0.220 e. The minimum atomic E-state index is -1.79. The lowest BCUT2D eigenvalue weighted by molar-refractivity contribution is -0.359. The van der Waals surface area contributed by atoms with E-state index in [1.165, 1.54) is 231 Å². The van der Waals surface area contributed by atoms with Gasteiger partial charge in [-0.25, -0.2) is 0 Å². The van der Waals surface area contributed by atoms with Crippen LogP contribution in [0.3, 0.4) is 0 Å². The first-order valence-corrected chi connectivity index (χ1v) is 34.6. The van der Waals surface area contributed by atoms with Crippen molar-refractivity contribution in [3.8, 4) is 0 Å². The molecule has 484 valence electrons. The van der Waals surface area contributed by atoms with Crippen LogP contribution in [0.25, 0.3) is 0 Å². The first-order chi connectivity index (χ1) is 40.1. The maximum atomic E-state index is 13.2. The largest absolute Gasteiger partial charge is 0.394 e. The third kappa shape index (κ3) is 37.9. The van der Waals surface area contributed by atoms with Crippen molar-refractivity contribution in [2.24, 2.45) is 0 Å². The fourth-order valence-electron chi connectivity index (χ4n) is 11.6. The molecule has 0 bridgehead atoms. The number of unbranched alkanes of at least 4 members (excludes halogenated alkanes) is 42. The van der Waals surface area contributed by atoms with Crippen LogP contribution in [0.1, 0.15) is 309 Å². The average molecular weight is 1170 g/mol. The van der Waals surface area contributed by atoms with Crippen molar-refractivity contribution >= 4 is 5.91 Å². The normalized spacial score (nSPS) is 24.0. The van der Waals surface area contributed by atoms with Crippen LogP contribution in [0.2, 0.25) is 0 Å². The van der Waals surface area contributed by atoms with Gasteiger partial charge in [-0.3, -0.25) is 4.79 Å². The van der Waals surface area contributed by atoms with Crippen LogP contribution >= 0.6 is 0 Å². The molecule has 0 aliphatic carbocycles. The zero-order chi connectivity index (χ0) is 59.5. The smallest absolute Gasteiger partial charge is 0.220 e. The number of hydrogen-bond donors (Lipinski definition) is 9. The summed E-state index contributed by atoms with van der Waals surface area (Å²) in [5.74, 6) is -0.238. The second-order valence-corrected chi connectivity index (χ2v) is 24.7. The van der Waals surface area contributed by atoms with Crippen LogP contribution in [-0.2, 0) is 23.7 Å². The molecule has 0 spiro atoms. The summed E-state index contributed by atoms with van der Waals surface area (Å²) in [5.41, 5.74) is 0. The second-order valence-electron chi connectivity index (χ2n) is 24.7. The standard InChI is InChI=1S/C68H129NO13/c1-3-5-7-9-11-12-13-14-15-16-17-18-19-20-21-22-23-24-25-26-27-28-29-30-31-32-33-34-35-36-37-38-39-40-41-42-43-44-46-48-50-52-60(73)69-56(57(72)51-49-47-45-10-8-6-4-2)55-79-67-65(78)63(76)66(59(54-71)81-67)82-68-64(77)62(75)61(74)58(53-70)80-68/h16-17,49,51,56-59,61-68,70-72,74-78H,3-15,18-48,50,52-55H2,1-2H3,(H,69,73)/b17-16-,51-49+. The van der Waals surface area contributed by atoms with Gasteiger partial charge in [0.1, 0.15) is 48.8 Å². The Kier molecular flexibility index (Phi) is 50.1. The van der Waals surface area contributed by atoms with E-state index in [1.54, 1.807) is 6.08 Å². The summed E-state index contributed by atoms with van der Waals surface area (Å²) in [5, 5.41) is 86.7. The molecule has 0 aromatic rings. The zero-order valence-corrected chi connectivity index (χ0v) is 52.5. The first kappa shape index (κ1) is 76.6. The molecule has 2 rings (SSSR count). The average Bonchev–Trinajstić information content (AvgIpc) is 3.60. The predicted molar refractivity (Wildman–Crippen MR) is 332 cm³/mol. The summed E-state index contributed by atoms with van der Waals surface area (Å²) in [6.45, 7) is 2.75. The van der Waals surface area contributed by atoms with Gasteiger partial charge in [0.25, 0.3) is 0 Å². The molecule has 0 saturated carbocycles. The summed E-state index contributed by atoms with van der Waals surface area (Å²) < 4.78 is 22.7. The summed E-state index contributed by atoms with van der Waals surface area (Å²) in [6, 6.07) is -0.908. The van der Waals surface area contributed by atoms with E-state index in [2.05, 4.69) is 31.3 Å². The number of nitrogens with one attached hydrogen (secondary N) is 1. The Labute approximate surface area is 500 Å². The highest BCUT2D eigenvalue weighted by molar-refractivity contribution is 5.76. The molecule has 1 amide bonds. The van der Waals surface area contributed by atoms with Crippen LogP contribution in [0.4, 0.5) is 0 Å². The first-order valence-electron chi connectivity index (χ1n) is 34.6. The minimum absolute atomic E-state index is 0.238. The van der Waals surface area contributed by atoms with Gasteiger partial charge in [0.15, 0.2) is 12.6 Å². The molecule has 12 atom stereocenters. The van der Waals surface area contributed by atoms with Gasteiger partial charge in [-0.2, -0.15) is 0 Å². The molecule has 82 heavy (non-hydrogen) atoms. The Morgan fingerprint density at radius 3 is 1.16 bits per heavy atom. The molecule has 2 saturated heterocycles. The topological polar surface area (TPSA) is 228 Å². The van der Waals surface area contributed by atoms with E-state index >= 15 is 0 Å². The lowest BCUT2D eigenvalue weighted by atomic mass is 9.97. The summed E-state index contributed by atoms with van der Waals surface area (Å²) in [4.78, 5) is 13.2. The van der Waals surface area contributed by atoms with E-state index in [0.29, 0.717) is 6.42 Å². The number of allylic oxidation sites excluding steroid dienone is 3. The molecule has 0 aromatic carbocycles. The van der Waals surface area contributed by atoms with Crippen LogP contribution < -0.4 is 5.32 Å². The highest BCUT2D eigenvalue weighted by atomic mass is 16.7. The lowest BCUT2D eigenvalue weighted by Crippen LogP contribution is -2.65. The third-order valence-electron chi connectivity index (χ3n) is 17.1. The SMILES string of the molecule is CCCCCCC/C=C/C(O)C(COC1OC(CO)C(OC2OC(CO)C(O)C(O)C2O)C(O)C1O)NC(=O)CCCCCCCCCCCCCCCCCCCCCCCCCCCCCCC/C=C\CCCCCCCCCC. The van der Waals surface area contributed by atoms with Crippen molar-refractivity contribution in [3.63, 3.8) is 0 Å². The van der Waals surface area contributed by atoms with Gasteiger partial charge in [-0.15, -0.1) is 0 Å². The number of carbonyl (C=O) groups excluding carboxylic acids is 1. The quantitative estimate of drug-likeness (QED) is 0.0204. The number of aliphatic hydroxyl groups excluding tert-OH is 8. The monoisotopic (exact) mass is 1170 g/mol. The summed E-state index contributed by atoms with van der Waals surface area (Å²) >= 11 is 0. The van der Waals surface area contributed by atoms with Gasteiger partial charge in [0.2, 0.25) is 5.91 Å². The maximum absolute atomic E-state index is 13.2. The Bertz CT molecular complexity index is 1470. The molecule has 9 N–H and O–H groups in total. The van der Waals surface area contributed by atoms with Crippen LogP contribution in [-0.4, -0.2) is 140 Å². The fourth-order valence-corrected chi connectivity index (χ4v) is 11.6. The molecule has 0 radical (unpaired) electrons. The van der Waals surface area contributed by atoms with Gasteiger partial charge in [0, 0.05) is 6.42 Å². The number of amides is 1. The van der Waals surface area contributed by atoms with Crippen molar-refractivity contribution in [2.75, 3.05) is 19.8 Å².